The highest BCUT2D eigenvalue weighted by Crippen LogP contribution is 2.36. The molecule has 3 rings (SSSR count). The highest BCUT2D eigenvalue weighted by Gasteiger charge is 2.24. The first-order chi connectivity index (χ1) is 12.7. The van der Waals surface area contributed by atoms with Gasteiger partial charge in [0.2, 0.25) is 0 Å². The van der Waals surface area contributed by atoms with E-state index in [1.807, 2.05) is 58.8 Å². The Bertz CT molecular complexity index is 589. The lowest BCUT2D eigenvalue weighted by Crippen LogP contribution is -2.39. The average Bonchev–Trinajstić information content (AvgIpc) is 2.68. The summed E-state index contributed by atoms with van der Waals surface area (Å²) in [6, 6.07) is 9.88. The van der Waals surface area contributed by atoms with Crippen LogP contribution in [0.1, 0.15) is 38.2 Å². The maximum Gasteiger partial charge on any atom is 0.410 e. The summed E-state index contributed by atoms with van der Waals surface area (Å²) in [6.07, 6.45) is 7.05. The van der Waals surface area contributed by atoms with Crippen molar-refractivity contribution in [3.8, 4) is 0 Å². The lowest BCUT2D eigenvalue weighted by Gasteiger charge is -2.32. The molecule has 2 fully saturated rings. The molecule has 0 saturated carbocycles. The number of nitrogens with zero attached hydrogens (tertiary/aromatic N) is 1. The normalized spacial score (nSPS) is 19.9. The number of piperidine rings is 1. The van der Waals surface area contributed by atoms with E-state index in [0.717, 1.165) is 37.4 Å². The van der Waals surface area contributed by atoms with Crippen LogP contribution < -0.4 is 0 Å². The summed E-state index contributed by atoms with van der Waals surface area (Å²) < 4.78 is 6.98. The fraction of sp³-hybridized carbons (Fsp3) is 0.571. The van der Waals surface area contributed by atoms with Gasteiger partial charge in [0.25, 0.3) is 0 Å². The van der Waals surface area contributed by atoms with E-state index in [0.29, 0.717) is 12.5 Å². The molecule has 1 aromatic carbocycles. The van der Waals surface area contributed by atoms with E-state index in [-0.39, 0.29) is 6.09 Å². The molecule has 0 radical (unpaired) electrons. The summed E-state index contributed by atoms with van der Waals surface area (Å²) in [5.74, 6) is 3.90. The van der Waals surface area contributed by atoms with Gasteiger partial charge in [0, 0.05) is 17.3 Å². The monoisotopic (exact) mass is 391 g/mol. The van der Waals surface area contributed by atoms with E-state index < -0.39 is 0 Å². The van der Waals surface area contributed by atoms with Crippen molar-refractivity contribution in [2.75, 3.05) is 24.6 Å². The number of carbonyl (C=O) groups excluding carboxylic acids is 1. The zero-order valence-electron chi connectivity index (χ0n) is 15.6. The number of rotatable bonds is 5. The Morgan fingerprint density at radius 2 is 1.92 bits per heavy atom. The van der Waals surface area contributed by atoms with Crippen molar-refractivity contribution >= 4 is 29.6 Å². The number of thioether (sulfide) groups is 2. The maximum absolute atomic E-state index is 12.3. The lowest BCUT2D eigenvalue weighted by atomic mass is 9.88. The van der Waals surface area contributed by atoms with Crippen LogP contribution in [-0.4, -0.2) is 35.6 Å². The van der Waals surface area contributed by atoms with Gasteiger partial charge in [-0.2, -0.15) is 0 Å². The molecule has 1 aromatic rings. The van der Waals surface area contributed by atoms with Gasteiger partial charge < -0.3 is 9.64 Å². The Hall–Kier alpha value is -1.07. The summed E-state index contributed by atoms with van der Waals surface area (Å²) >= 11 is 4.03. The number of amides is 1. The molecular formula is C21H29NO2S2. The van der Waals surface area contributed by atoms with Gasteiger partial charge in [-0.3, -0.25) is 0 Å². The van der Waals surface area contributed by atoms with Crippen LogP contribution in [0.25, 0.3) is 0 Å². The minimum atomic E-state index is -0.169. The quantitative estimate of drug-likeness (QED) is 0.637. The summed E-state index contributed by atoms with van der Waals surface area (Å²) in [6.45, 7) is 4.35. The van der Waals surface area contributed by atoms with Gasteiger partial charge >= 0.3 is 6.09 Å². The van der Waals surface area contributed by atoms with Crippen LogP contribution in [0.4, 0.5) is 4.79 Å². The standard InChI is InChI=1S/C21H29NO2S2/c1-17(15-20-25-12-5-13-26-20)14-18-8-10-22(11-9-18)21(23)24-16-19-6-3-2-4-7-19/h2-4,6-7,15,17-18H,5,8-14,16H2,1H3. The molecule has 3 nitrogen and oxygen atoms in total. The molecule has 0 N–H and O–H groups in total. The van der Waals surface area contributed by atoms with Gasteiger partial charge in [-0.05, 0) is 54.6 Å². The number of benzene rings is 1. The first kappa shape index (κ1) is 19.7. The van der Waals surface area contributed by atoms with E-state index in [2.05, 4.69) is 13.0 Å². The van der Waals surface area contributed by atoms with Crippen LogP contribution >= 0.6 is 23.5 Å². The molecule has 2 heterocycles. The van der Waals surface area contributed by atoms with E-state index in [9.17, 15) is 4.79 Å². The SMILES string of the molecule is CC(C=C1SCCCS1)CC1CCN(C(=O)OCc2ccccc2)CC1. The number of hydrogen-bond acceptors (Lipinski definition) is 4. The first-order valence-corrected chi connectivity index (χ1v) is 11.6. The predicted octanol–water partition coefficient (Wildman–Crippen LogP) is 5.77. The molecule has 2 saturated heterocycles. The predicted molar refractivity (Wildman–Crippen MR) is 112 cm³/mol. The molecule has 5 heteroatoms. The summed E-state index contributed by atoms with van der Waals surface area (Å²) in [5.41, 5.74) is 1.04. The molecule has 1 unspecified atom stereocenters. The van der Waals surface area contributed by atoms with Crippen LogP contribution in [0.2, 0.25) is 0 Å². The van der Waals surface area contributed by atoms with Crippen molar-refractivity contribution in [3.05, 3.63) is 46.2 Å². The molecule has 0 spiro atoms. The largest absolute Gasteiger partial charge is 0.445 e. The molecule has 0 bridgehead atoms. The van der Waals surface area contributed by atoms with E-state index in [1.165, 1.54) is 28.6 Å². The van der Waals surface area contributed by atoms with Gasteiger partial charge in [-0.25, -0.2) is 4.79 Å². The Labute approximate surface area is 165 Å². The summed E-state index contributed by atoms with van der Waals surface area (Å²) in [4.78, 5) is 14.1. The minimum absolute atomic E-state index is 0.169. The van der Waals surface area contributed by atoms with Crippen molar-refractivity contribution in [2.45, 2.75) is 39.2 Å². The first-order valence-electron chi connectivity index (χ1n) is 9.64. The summed E-state index contributed by atoms with van der Waals surface area (Å²) in [5, 5.41) is 0. The Balaban J connectivity index is 1.37. The molecule has 142 valence electrons. The van der Waals surface area contributed by atoms with Crippen LogP contribution in [0, 0.1) is 11.8 Å². The molecular weight excluding hydrogens is 362 g/mol. The fourth-order valence-electron chi connectivity index (χ4n) is 3.53. The van der Waals surface area contributed by atoms with E-state index in [4.69, 9.17) is 4.74 Å². The fourth-order valence-corrected chi connectivity index (χ4v) is 6.18. The molecule has 26 heavy (non-hydrogen) atoms. The van der Waals surface area contributed by atoms with Gasteiger partial charge in [-0.15, -0.1) is 23.5 Å². The number of allylic oxidation sites excluding steroid dienone is 1. The number of hydrogen-bond donors (Lipinski definition) is 0. The second-order valence-corrected chi connectivity index (χ2v) is 9.75. The van der Waals surface area contributed by atoms with E-state index >= 15 is 0 Å². The highest BCUT2D eigenvalue weighted by atomic mass is 32.2. The lowest BCUT2D eigenvalue weighted by molar-refractivity contribution is 0.0807. The number of ether oxygens (including phenoxy) is 1. The second kappa shape index (κ2) is 10.3. The Kier molecular flexibility index (Phi) is 7.81. The molecule has 1 amide bonds. The van der Waals surface area contributed by atoms with Crippen molar-refractivity contribution in [1.82, 2.24) is 4.90 Å². The second-order valence-electron chi connectivity index (χ2n) is 7.22. The van der Waals surface area contributed by atoms with Crippen molar-refractivity contribution in [3.63, 3.8) is 0 Å². The number of likely N-dealkylation sites (tertiary alicyclic amines) is 1. The van der Waals surface area contributed by atoms with Gasteiger partial charge in [0.15, 0.2) is 0 Å². The zero-order chi connectivity index (χ0) is 18.2. The smallest absolute Gasteiger partial charge is 0.410 e. The molecule has 2 aliphatic heterocycles. The third-order valence-corrected chi connectivity index (χ3v) is 7.51. The van der Waals surface area contributed by atoms with Crippen LogP contribution in [0.5, 0.6) is 0 Å². The van der Waals surface area contributed by atoms with Crippen molar-refractivity contribution < 1.29 is 9.53 Å². The van der Waals surface area contributed by atoms with Gasteiger partial charge in [0.1, 0.15) is 6.61 Å². The molecule has 1 atom stereocenters. The number of carbonyl (C=O) groups is 1. The average molecular weight is 392 g/mol. The highest BCUT2D eigenvalue weighted by molar-refractivity contribution is 8.22. The Morgan fingerprint density at radius 1 is 1.23 bits per heavy atom. The third kappa shape index (κ3) is 6.27. The molecule has 0 aliphatic carbocycles. The Morgan fingerprint density at radius 3 is 2.62 bits per heavy atom. The van der Waals surface area contributed by atoms with Crippen LogP contribution in [-0.2, 0) is 11.3 Å². The zero-order valence-corrected chi connectivity index (χ0v) is 17.2. The van der Waals surface area contributed by atoms with Gasteiger partial charge in [0.05, 0.1) is 0 Å². The van der Waals surface area contributed by atoms with Crippen molar-refractivity contribution in [1.29, 1.82) is 0 Å². The molecule has 2 aliphatic rings. The topological polar surface area (TPSA) is 29.5 Å². The van der Waals surface area contributed by atoms with Crippen molar-refractivity contribution in [2.24, 2.45) is 11.8 Å². The third-order valence-electron chi connectivity index (χ3n) is 4.98. The summed E-state index contributed by atoms with van der Waals surface area (Å²) in [7, 11) is 0. The molecule has 0 aromatic heterocycles. The van der Waals surface area contributed by atoms with Crippen LogP contribution in [0.3, 0.4) is 0 Å². The minimum Gasteiger partial charge on any atom is -0.445 e. The van der Waals surface area contributed by atoms with E-state index in [1.54, 1.807) is 0 Å². The maximum atomic E-state index is 12.3. The van der Waals surface area contributed by atoms with Crippen LogP contribution in [0.15, 0.2) is 40.6 Å². The van der Waals surface area contributed by atoms with Gasteiger partial charge in [-0.1, -0.05) is 43.3 Å².